The second kappa shape index (κ2) is 6.26. The number of benzene rings is 1. The van der Waals surface area contributed by atoms with Crippen LogP contribution in [0.4, 0.5) is 0 Å². The minimum Gasteiger partial charge on any atom is -0.380 e. The highest BCUT2D eigenvalue weighted by atomic mass is 127. The van der Waals surface area contributed by atoms with Crippen molar-refractivity contribution >= 4 is 22.6 Å². The molecule has 1 unspecified atom stereocenters. The van der Waals surface area contributed by atoms with Gasteiger partial charge in [-0.1, -0.05) is 5.16 Å². The van der Waals surface area contributed by atoms with Gasteiger partial charge in [-0.25, -0.2) is 0 Å². The Morgan fingerprint density at radius 3 is 2.78 bits per heavy atom. The molecule has 0 bridgehead atoms. The Hall–Kier alpha value is -0.990. The van der Waals surface area contributed by atoms with E-state index in [0.29, 0.717) is 24.9 Å². The van der Waals surface area contributed by atoms with Crippen molar-refractivity contribution in [2.24, 2.45) is 5.73 Å². The van der Waals surface area contributed by atoms with Crippen LogP contribution < -0.4 is 5.73 Å². The van der Waals surface area contributed by atoms with Crippen molar-refractivity contribution < 1.29 is 9.26 Å². The van der Waals surface area contributed by atoms with Crippen LogP contribution in [-0.2, 0) is 4.74 Å². The maximum Gasteiger partial charge on any atom is 0.257 e. The molecular weight excluding hydrogens is 345 g/mol. The second-order valence-electron chi connectivity index (χ2n) is 3.73. The van der Waals surface area contributed by atoms with E-state index in [0.717, 1.165) is 9.13 Å². The van der Waals surface area contributed by atoms with Crippen molar-refractivity contribution in [2.45, 2.75) is 13.0 Å². The average Bonchev–Trinajstić information content (AvgIpc) is 2.86. The van der Waals surface area contributed by atoms with Crippen LogP contribution in [0.15, 0.2) is 28.8 Å². The minimum absolute atomic E-state index is 0.355. The maximum absolute atomic E-state index is 5.89. The molecule has 0 amide bonds. The zero-order chi connectivity index (χ0) is 13.0. The lowest BCUT2D eigenvalue weighted by atomic mass is 10.2. The summed E-state index contributed by atoms with van der Waals surface area (Å²) in [6.45, 7) is 2.93. The Morgan fingerprint density at radius 2 is 2.11 bits per heavy atom. The Bertz CT molecular complexity index is 498. The number of hydrogen-bond donors (Lipinski definition) is 1. The molecule has 18 heavy (non-hydrogen) atoms. The summed E-state index contributed by atoms with van der Waals surface area (Å²) in [7, 11) is 0. The molecule has 1 aromatic heterocycles. The first-order chi connectivity index (χ1) is 8.70. The molecule has 0 saturated heterocycles. The highest BCUT2D eigenvalue weighted by Crippen LogP contribution is 2.19. The molecule has 1 atom stereocenters. The van der Waals surface area contributed by atoms with E-state index in [1.54, 1.807) is 0 Å². The van der Waals surface area contributed by atoms with Crippen molar-refractivity contribution in [2.75, 3.05) is 13.2 Å². The molecule has 0 fully saturated rings. The smallest absolute Gasteiger partial charge is 0.257 e. The molecule has 0 spiro atoms. The van der Waals surface area contributed by atoms with E-state index in [4.69, 9.17) is 15.0 Å². The summed E-state index contributed by atoms with van der Waals surface area (Å²) < 4.78 is 11.6. The van der Waals surface area contributed by atoms with Gasteiger partial charge in [-0.2, -0.15) is 4.98 Å². The Balaban J connectivity index is 2.12. The van der Waals surface area contributed by atoms with E-state index in [1.807, 2.05) is 31.2 Å². The largest absolute Gasteiger partial charge is 0.380 e. The fourth-order valence-corrected chi connectivity index (χ4v) is 1.77. The summed E-state index contributed by atoms with van der Waals surface area (Å²) in [6, 6.07) is 7.49. The van der Waals surface area contributed by atoms with E-state index in [-0.39, 0.29) is 6.04 Å². The van der Waals surface area contributed by atoms with Crippen molar-refractivity contribution in [1.82, 2.24) is 10.1 Å². The molecular formula is C12H14IN3O2. The van der Waals surface area contributed by atoms with Gasteiger partial charge in [0.2, 0.25) is 0 Å². The lowest BCUT2D eigenvalue weighted by Gasteiger charge is -2.05. The minimum atomic E-state index is -0.355. The van der Waals surface area contributed by atoms with Crippen molar-refractivity contribution in [3.8, 4) is 11.5 Å². The number of halogens is 1. The van der Waals surface area contributed by atoms with E-state index < -0.39 is 0 Å². The lowest BCUT2D eigenvalue weighted by molar-refractivity contribution is 0.130. The summed E-state index contributed by atoms with van der Waals surface area (Å²) >= 11 is 2.24. The standard InChI is InChI=1S/C12H14IN3O2/c1-2-17-7-10(14)11-15-12(18-16-11)8-3-5-9(13)6-4-8/h3-6,10H,2,7,14H2,1H3. The number of aromatic nitrogens is 2. The molecule has 2 aromatic rings. The van der Waals surface area contributed by atoms with E-state index >= 15 is 0 Å². The van der Waals surface area contributed by atoms with Crippen LogP contribution in [0.3, 0.4) is 0 Å². The van der Waals surface area contributed by atoms with Gasteiger partial charge < -0.3 is 15.0 Å². The molecule has 0 aliphatic rings. The van der Waals surface area contributed by atoms with Crippen LogP contribution in [0.25, 0.3) is 11.5 Å². The monoisotopic (exact) mass is 359 g/mol. The van der Waals surface area contributed by atoms with Crippen molar-refractivity contribution in [3.63, 3.8) is 0 Å². The predicted octanol–water partition coefficient (Wildman–Crippen LogP) is 2.38. The number of rotatable bonds is 5. The molecule has 0 aliphatic heterocycles. The summed E-state index contributed by atoms with van der Waals surface area (Å²) in [5.41, 5.74) is 6.77. The van der Waals surface area contributed by atoms with Gasteiger partial charge in [0.25, 0.3) is 5.89 Å². The zero-order valence-corrected chi connectivity index (χ0v) is 12.1. The molecule has 0 radical (unpaired) electrons. The first kappa shape index (κ1) is 13.4. The molecule has 2 N–H and O–H groups in total. The van der Waals surface area contributed by atoms with Gasteiger partial charge in [-0.05, 0) is 53.8 Å². The summed E-state index contributed by atoms with van der Waals surface area (Å²) in [4.78, 5) is 4.28. The second-order valence-corrected chi connectivity index (χ2v) is 4.98. The molecule has 1 aromatic carbocycles. The molecule has 6 heteroatoms. The number of ether oxygens (including phenoxy) is 1. The summed E-state index contributed by atoms with van der Waals surface area (Å²) in [6.07, 6.45) is 0. The van der Waals surface area contributed by atoms with E-state index in [2.05, 4.69) is 32.7 Å². The van der Waals surface area contributed by atoms with Gasteiger partial charge in [0, 0.05) is 15.7 Å². The van der Waals surface area contributed by atoms with E-state index in [1.165, 1.54) is 0 Å². The topological polar surface area (TPSA) is 74.2 Å². The number of nitrogens with zero attached hydrogens (tertiary/aromatic N) is 2. The van der Waals surface area contributed by atoms with Gasteiger partial charge in [-0.15, -0.1) is 0 Å². The Labute approximate surface area is 119 Å². The normalized spacial score (nSPS) is 12.6. The number of nitrogens with two attached hydrogens (primary N) is 1. The fourth-order valence-electron chi connectivity index (χ4n) is 1.41. The Kier molecular flexibility index (Phi) is 4.67. The maximum atomic E-state index is 5.89. The number of hydrogen-bond acceptors (Lipinski definition) is 5. The lowest BCUT2D eigenvalue weighted by Crippen LogP contribution is -2.18. The van der Waals surface area contributed by atoms with Crippen LogP contribution in [0.5, 0.6) is 0 Å². The van der Waals surface area contributed by atoms with Gasteiger partial charge in [-0.3, -0.25) is 0 Å². The summed E-state index contributed by atoms with van der Waals surface area (Å²) in [5, 5.41) is 3.87. The van der Waals surface area contributed by atoms with Gasteiger partial charge in [0.05, 0.1) is 12.6 Å². The fraction of sp³-hybridized carbons (Fsp3) is 0.333. The van der Waals surface area contributed by atoms with Crippen LogP contribution in [-0.4, -0.2) is 23.4 Å². The van der Waals surface area contributed by atoms with Crippen LogP contribution in [0.1, 0.15) is 18.8 Å². The molecule has 1 heterocycles. The van der Waals surface area contributed by atoms with Crippen LogP contribution >= 0.6 is 22.6 Å². The first-order valence-electron chi connectivity index (χ1n) is 5.63. The third kappa shape index (κ3) is 3.27. The molecule has 5 nitrogen and oxygen atoms in total. The van der Waals surface area contributed by atoms with Crippen molar-refractivity contribution in [1.29, 1.82) is 0 Å². The molecule has 0 aliphatic carbocycles. The average molecular weight is 359 g/mol. The highest BCUT2D eigenvalue weighted by Gasteiger charge is 2.15. The summed E-state index contributed by atoms with van der Waals surface area (Å²) in [5.74, 6) is 0.949. The first-order valence-corrected chi connectivity index (χ1v) is 6.71. The molecule has 0 saturated carbocycles. The highest BCUT2D eigenvalue weighted by molar-refractivity contribution is 14.1. The SMILES string of the molecule is CCOCC(N)c1noc(-c2ccc(I)cc2)n1. The van der Waals surface area contributed by atoms with Gasteiger partial charge in [0.15, 0.2) is 5.82 Å². The third-order valence-electron chi connectivity index (χ3n) is 2.37. The van der Waals surface area contributed by atoms with Crippen LogP contribution in [0.2, 0.25) is 0 Å². The Morgan fingerprint density at radius 1 is 1.39 bits per heavy atom. The third-order valence-corrected chi connectivity index (χ3v) is 3.09. The van der Waals surface area contributed by atoms with E-state index in [9.17, 15) is 0 Å². The van der Waals surface area contributed by atoms with Gasteiger partial charge in [0.1, 0.15) is 0 Å². The molecule has 96 valence electrons. The predicted molar refractivity (Wildman–Crippen MR) is 75.9 cm³/mol. The molecule has 2 rings (SSSR count). The zero-order valence-electron chi connectivity index (χ0n) is 9.97. The van der Waals surface area contributed by atoms with Crippen LogP contribution in [0, 0.1) is 3.57 Å². The van der Waals surface area contributed by atoms with Gasteiger partial charge >= 0.3 is 0 Å². The van der Waals surface area contributed by atoms with Crippen molar-refractivity contribution in [3.05, 3.63) is 33.7 Å². The quantitative estimate of drug-likeness (QED) is 0.830.